The molecule has 0 N–H and O–H groups in total. The predicted molar refractivity (Wildman–Crippen MR) is 112 cm³/mol. The van der Waals surface area contributed by atoms with Gasteiger partial charge in [0.15, 0.2) is 5.78 Å². The predicted octanol–water partition coefficient (Wildman–Crippen LogP) is 5.13. The molecule has 0 radical (unpaired) electrons. The molecule has 0 unspecified atom stereocenters. The standard InChI is InChI=1S/C24H25N3O/c1-2-3-12-23(28)21-10-7-11-22-20(21)13-14-27(22)24-16-19(25-17-26-24)15-18-8-5-4-6-9-18/h4-11,16-17H,2-3,12-15H2,1H3. The Bertz CT molecular complexity index is 969. The maximum atomic E-state index is 12.6. The van der Waals surface area contributed by atoms with Gasteiger partial charge in [-0.1, -0.05) is 55.8 Å². The van der Waals surface area contributed by atoms with Crippen molar-refractivity contribution in [2.45, 2.75) is 39.0 Å². The highest BCUT2D eigenvalue weighted by Crippen LogP contribution is 2.36. The number of rotatable bonds is 7. The number of fused-ring (bicyclic) bond motifs is 1. The molecule has 2 heterocycles. The van der Waals surface area contributed by atoms with Crippen LogP contribution >= 0.6 is 0 Å². The molecule has 142 valence electrons. The fourth-order valence-electron chi connectivity index (χ4n) is 3.84. The minimum absolute atomic E-state index is 0.257. The number of hydrogen-bond donors (Lipinski definition) is 0. The van der Waals surface area contributed by atoms with Gasteiger partial charge in [0.25, 0.3) is 0 Å². The number of unbranched alkanes of at least 4 members (excludes halogenated alkanes) is 1. The van der Waals surface area contributed by atoms with Crippen LogP contribution in [-0.4, -0.2) is 22.3 Å². The van der Waals surface area contributed by atoms with Crippen LogP contribution in [0.4, 0.5) is 11.5 Å². The number of carbonyl (C=O) groups excluding carboxylic acids is 1. The van der Waals surface area contributed by atoms with Gasteiger partial charge in [0, 0.05) is 36.7 Å². The Morgan fingerprint density at radius 3 is 2.75 bits per heavy atom. The molecular weight excluding hydrogens is 346 g/mol. The van der Waals surface area contributed by atoms with E-state index >= 15 is 0 Å². The van der Waals surface area contributed by atoms with E-state index in [1.54, 1.807) is 6.33 Å². The summed E-state index contributed by atoms with van der Waals surface area (Å²) in [5.74, 6) is 1.16. The van der Waals surface area contributed by atoms with Crippen LogP contribution < -0.4 is 4.90 Å². The number of ketones is 1. The van der Waals surface area contributed by atoms with Crippen molar-refractivity contribution in [3.05, 3.63) is 83.3 Å². The van der Waals surface area contributed by atoms with Gasteiger partial charge in [-0.15, -0.1) is 0 Å². The van der Waals surface area contributed by atoms with Crippen molar-refractivity contribution in [1.82, 2.24) is 9.97 Å². The zero-order valence-electron chi connectivity index (χ0n) is 16.3. The molecule has 0 saturated carbocycles. The molecule has 0 fully saturated rings. The number of carbonyl (C=O) groups is 1. The van der Waals surface area contributed by atoms with E-state index in [0.29, 0.717) is 6.42 Å². The van der Waals surface area contributed by atoms with E-state index in [4.69, 9.17) is 0 Å². The van der Waals surface area contributed by atoms with Gasteiger partial charge in [0.05, 0.1) is 5.69 Å². The molecule has 1 aliphatic rings. The lowest BCUT2D eigenvalue weighted by Gasteiger charge is -2.19. The van der Waals surface area contributed by atoms with Gasteiger partial charge in [-0.05, 0) is 30.0 Å². The second kappa shape index (κ2) is 8.34. The summed E-state index contributed by atoms with van der Waals surface area (Å²) in [5.41, 5.74) is 5.38. The lowest BCUT2D eigenvalue weighted by atomic mass is 9.98. The van der Waals surface area contributed by atoms with Crippen molar-refractivity contribution in [2.75, 3.05) is 11.4 Å². The van der Waals surface area contributed by atoms with E-state index in [1.165, 1.54) is 5.56 Å². The topological polar surface area (TPSA) is 46.1 Å². The molecule has 4 heteroatoms. The first-order valence-corrected chi connectivity index (χ1v) is 10.0. The fourth-order valence-corrected chi connectivity index (χ4v) is 3.84. The Labute approximate surface area is 166 Å². The summed E-state index contributed by atoms with van der Waals surface area (Å²) in [7, 11) is 0. The maximum Gasteiger partial charge on any atom is 0.163 e. The minimum Gasteiger partial charge on any atom is -0.326 e. The zero-order valence-corrected chi connectivity index (χ0v) is 16.3. The van der Waals surface area contributed by atoms with E-state index in [0.717, 1.165) is 60.6 Å². The Kier molecular flexibility index (Phi) is 5.47. The highest BCUT2D eigenvalue weighted by Gasteiger charge is 2.25. The van der Waals surface area contributed by atoms with Crippen LogP contribution in [0.2, 0.25) is 0 Å². The monoisotopic (exact) mass is 371 g/mol. The number of aromatic nitrogens is 2. The first kappa shape index (κ1) is 18.4. The Morgan fingerprint density at radius 2 is 1.93 bits per heavy atom. The molecular formula is C24H25N3O. The largest absolute Gasteiger partial charge is 0.326 e. The number of Topliss-reactive ketones (excluding diaryl/α,β-unsaturated/α-hetero) is 1. The molecule has 1 aliphatic heterocycles. The van der Waals surface area contributed by atoms with E-state index in [-0.39, 0.29) is 5.78 Å². The van der Waals surface area contributed by atoms with Crippen LogP contribution in [-0.2, 0) is 12.8 Å². The molecule has 0 aliphatic carbocycles. The second-order valence-corrected chi connectivity index (χ2v) is 7.26. The molecule has 0 spiro atoms. The van der Waals surface area contributed by atoms with Crippen LogP contribution in [0.5, 0.6) is 0 Å². The third kappa shape index (κ3) is 3.81. The van der Waals surface area contributed by atoms with Crippen LogP contribution in [0.3, 0.4) is 0 Å². The van der Waals surface area contributed by atoms with Gasteiger partial charge < -0.3 is 4.90 Å². The number of nitrogens with zero attached hydrogens (tertiary/aromatic N) is 3. The average Bonchev–Trinajstić information content (AvgIpc) is 3.17. The molecule has 28 heavy (non-hydrogen) atoms. The van der Waals surface area contributed by atoms with E-state index in [2.05, 4.69) is 46.1 Å². The summed E-state index contributed by atoms with van der Waals surface area (Å²) >= 11 is 0. The average molecular weight is 371 g/mol. The second-order valence-electron chi connectivity index (χ2n) is 7.26. The highest BCUT2D eigenvalue weighted by atomic mass is 16.1. The lowest BCUT2D eigenvalue weighted by Crippen LogP contribution is -2.15. The van der Waals surface area contributed by atoms with Gasteiger partial charge in [0.2, 0.25) is 0 Å². The Morgan fingerprint density at radius 1 is 1.07 bits per heavy atom. The van der Waals surface area contributed by atoms with Gasteiger partial charge in [-0.25, -0.2) is 9.97 Å². The zero-order chi connectivity index (χ0) is 19.3. The third-order valence-electron chi connectivity index (χ3n) is 5.30. The molecule has 4 nitrogen and oxygen atoms in total. The number of anilines is 2. The summed E-state index contributed by atoms with van der Waals surface area (Å²) in [5, 5.41) is 0. The number of hydrogen-bond acceptors (Lipinski definition) is 4. The smallest absolute Gasteiger partial charge is 0.163 e. The molecule has 1 aromatic heterocycles. The van der Waals surface area contributed by atoms with E-state index in [9.17, 15) is 4.79 Å². The summed E-state index contributed by atoms with van der Waals surface area (Å²) in [4.78, 5) is 23.8. The maximum absolute atomic E-state index is 12.6. The van der Waals surface area contributed by atoms with Crippen LogP contribution in [0.15, 0.2) is 60.9 Å². The Hall–Kier alpha value is -3.01. The minimum atomic E-state index is 0.257. The SMILES string of the molecule is CCCCC(=O)c1cccc2c1CCN2c1cc(Cc2ccccc2)ncn1. The molecule has 0 saturated heterocycles. The van der Waals surface area contributed by atoms with E-state index in [1.807, 2.05) is 30.3 Å². The van der Waals surface area contributed by atoms with Crippen LogP contribution in [0, 0.1) is 0 Å². The van der Waals surface area contributed by atoms with Crippen molar-refractivity contribution >= 4 is 17.3 Å². The normalized spacial score (nSPS) is 12.8. The van der Waals surface area contributed by atoms with E-state index < -0.39 is 0 Å². The molecule has 0 atom stereocenters. The lowest BCUT2D eigenvalue weighted by molar-refractivity contribution is 0.0979. The van der Waals surface area contributed by atoms with Gasteiger partial charge in [0.1, 0.15) is 12.1 Å². The molecule has 3 aromatic rings. The fraction of sp³-hybridized carbons (Fsp3) is 0.292. The highest BCUT2D eigenvalue weighted by molar-refractivity contribution is 5.99. The van der Waals surface area contributed by atoms with Crippen LogP contribution in [0.25, 0.3) is 0 Å². The Balaban J connectivity index is 1.60. The molecule has 0 amide bonds. The summed E-state index contributed by atoms with van der Waals surface area (Å²) in [6.45, 7) is 2.96. The summed E-state index contributed by atoms with van der Waals surface area (Å²) in [6.07, 6.45) is 5.91. The van der Waals surface area contributed by atoms with Crippen molar-refractivity contribution in [3.8, 4) is 0 Å². The van der Waals surface area contributed by atoms with Gasteiger partial charge in [-0.2, -0.15) is 0 Å². The van der Waals surface area contributed by atoms with Crippen LogP contribution in [0.1, 0.15) is 53.4 Å². The molecule has 4 rings (SSSR count). The summed E-state index contributed by atoms with van der Waals surface area (Å²) < 4.78 is 0. The van der Waals surface area contributed by atoms with Crippen molar-refractivity contribution in [2.24, 2.45) is 0 Å². The van der Waals surface area contributed by atoms with Crippen molar-refractivity contribution < 1.29 is 4.79 Å². The van der Waals surface area contributed by atoms with Crippen molar-refractivity contribution in [3.63, 3.8) is 0 Å². The first-order valence-electron chi connectivity index (χ1n) is 10.0. The quantitative estimate of drug-likeness (QED) is 0.540. The molecule has 0 bridgehead atoms. The number of benzene rings is 2. The van der Waals surface area contributed by atoms with Gasteiger partial charge in [-0.3, -0.25) is 4.79 Å². The molecule has 2 aromatic carbocycles. The summed E-state index contributed by atoms with van der Waals surface area (Å²) in [6, 6.07) is 18.5. The third-order valence-corrected chi connectivity index (χ3v) is 5.30. The first-order chi connectivity index (χ1) is 13.8. The van der Waals surface area contributed by atoms with Crippen molar-refractivity contribution in [1.29, 1.82) is 0 Å². The van der Waals surface area contributed by atoms with Gasteiger partial charge >= 0.3 is 0 Å².